The summed E-state index contributed by atoms with van der Waals surface area (Å²) in [5.41, 5.74) is 0.359. The molecule has 1 aliphatic heterocycles. The van der Waals surface area contributed by atoms with Gasteiger partial charge in [-0.2, -0.15) is 0 Å². The molecule has 0 saturated carbocycles. The molecule has 1 aromatic carbocycles. The lowest BCUT2D eigenvalue weighted by Crippen LogP contribution is -2.35. The van der Waals surface area contributed by atoms with Crippen LogP contribution in [0.25, 0.3) is 5.69 Å². The molecule has 0 unspecified atom stereocenters. The summed E-state index contributed by atoms with van der Waals surface area (Å²) in [6.45, 7) is 3.84. The van der Waals surface area contributed by atoms with Crippen LogP contribution in [0.5, 0.6) is 0 Å². The zero-order chi connectivity index (χ0) is 17.5. The van der Waals surface area contributed by atoms with Gasteiger partial charge in [0.1, 0.15) is 5.82 Å². The van der Waals surface area contributed by atoms with Crippen LogP contribution >= 0.6 is 0 Å². The molecule has 8 heteroatoms. The van der Waals surface area contributed by atoms with E-state index in [0.717, 1.165) is 0 Å². The molecule has 3 rings (SSSR count). The average molecular weight is 332 g/mol. The molecule has 2 heterocycles. The predicted octanol–water partition coefficient (Wildman–Crippen LogP) is 1.65. The molecule has 0 bridgehead atoms. The monoisotopic (exact) mass is 332 g/mol. The highest BCUT2D eigenvalue weighted by Gasteiger charge is 2.43. The fraction of sp³-hybridized carbons (Fsp3) is 0.375. The lowest BCUT2D eigenvalue weighted by Gasteiger charge is -2.19. The number of aromatic nitrogens is 3. The van der Waals surface area contributed by atoms with E-state index in [-0.39, 0.29) is 24.0 Å². The Balaban J connectivity index is 1.85. The molecule has 2 aromatic rings. The number of hydrogen-bond acceptors (Lipinski definition) is 4. The van der Waals surface area contributed by atoms with E-state index in [2.05, 4.69) is 10.3 Å². The molecule has 0 aliphatic carbocycles. The highest BCUT2D eigenvalue weighted by atomic mass is 19.1. The van der Waals surface area contributed by atoms with E-state index in [0.29, 0.717) is 24.3 Å². The molecule has 1 amide bonds. The second kappa shape index (κ2) is 5.70. The van der Waals surface area contributed by atoms with Gasteiger partial charge in [0.2, 0.25) is 0 Å². The van der Waals surface area contributed by atoms with Crippen LogP contribution in [0.4, 0.5) is 4.39 Å². The molecule has 0 radical (unpaired) electrons. The largest absolute Gasteiger partial charge is 0.481 e. The molecular formula is C16H17FN4O3. The number of carboxylic acids is 1. The van der Waals surface area contributed by atoms with E-state index in [1.165, 1.54) is 21.7 Å². The number of likely N-dealkylation sites (tertiary alicyclic amines) is 1. The summed E-state index contributed by atoms with van der Waals surface area (Å²) in [6, 6.07) is 5.69. The number of rotatable bonds is 3. The third kappa shape index (κ3) is 2.64. The quantitative estimate of drug-likeness (QED) is 0.923. The van der Waals surface area contributed by atoms with E-state index < -0.39 is 11.4 Å². The third-order valence-corrected chi connectivity index (χ3v) is 4.45. The van der Waals surface area contributed by atoms with Crippen molar-refractivity contribution in [2.75, 3.05) is 13.1 Å². The van der Waals surface area contributed by atoms with Gasteiger partial charge >= 0.3 is 5.97 Å². The molecular weight excluding hydrogens is 315 g/mol. The second-order valence-electron chi connectivity index (χ2n) is 6.25. The molecule has 1 atom stereocenters. The number of benzene rings is 1. The summed E-state index contributed by atoms with van der Waals surface area (Å²) >= 11 is 0. The fourth-order valence-corrected chi connectivity index (χ4v) is 2.81. The molecule has 0 spiro atoms. The molecule has 1 aliphatic rings. The summed E-state index contributed by atoms with van der Waals surface area (Å²) < 4.78 is 14.5. The van der Waals surface area contributed by atoms with Crippen molar-refractivity contribution in [1.82, 2.24) is 19.9 Å². The maximum Gasteiger partial charge on any atom is 0.311 e. The van der Waals surface area contributed by atoms with Crippen molar-refractivity contribution in [3.05, 3.63) is 41.5 Å². The lowest BCUT2D eigenvalue weighted by molar-refractivity contribution is -0.147. The van der Waals surface area contributed by atoms with E-state index in [1.807, 2.05) is 0 Å². The zero-order valence-corrected chi connectivity index (χ0v) is 13.4. The Morgan fingerprint density at radius 2 is 1.96 bits per heavy atom. The van der Waals surface area contributed by atoms with Gasteiger partial charge in [-0.25, -0.2) is 9.07 Å². The molecule has 24 heavy (non-hydrogen) atoms. The summed E-state index contributed by atoms with van der Waals surface area (Å²) in [4.78, 5) is 25.4. The first-order valence-corrected chi connectivity index (χ1v) is 7.53. The highest BCUT2D eigenvalue weighted by molar-refractivity contribution is 5.94. The molecule has 7 nitrogen and oxygen atoms in total. The molecule has 1 fully saturated rings. The van der Waals surface area contributed by atoms with Crippen LogP contribution < -0.4 is 0 Å². The van der Waals surface area contributed by atoms with Crippen molar-refractivity contribution in [1.29, 1.82) is 0 Å². The third-order valence-electron chi connectivity index (χ3n) is 4.45. The van der Waals surface area contributed by atoms with Gasteiger partial charge in [-0.3, -0.25) is 9.59 Å². The van der Waals surface area contributed by atoms with Gasteiger partial charge in [0.15, 0.2) is 5.69 Å². The van der Waals surface area contributed by atoms with Gasteiger partial charge in [-0.15, -0.1) is 5.10 Å². The smallest absolute Gasteiger partial charge is 0.311 e. The van der Waals surface area contributed by atoms with Crippen LogP contribution in [0.1, 0.15) is 29.5 Å². The number of carbonyl (C=O) groups excluding carboxylic acids is 1. The van der Waals surface area contributed by atoms with Crippen LogP contribution in [-0.2, 0) is 4.79 Å². The van der Waals surface area contributed by atoms with Crippen molar-refractivity contribution in [3.8, 4) is 5.69 Å². The Bertz CT molecular complexity index is 802. The van der Waals surface area contributed by atoms with Gasteiger partial charge in [0.25, 0.3) is 5.91 Å². The fourth-order valence-electron chi connectivity index (χ4n) is 2.81. The minimum Gasteiger partial charge on any atom is -0.481 e. The van der Waals surface area contributed by atoms with Gasteiger partial charge < -0.3 is 10.0 Å². The van der Waals surface area contributed by atoms with Gasteiger partial charge in [0, 0.05) is 13.1 Å². The Morgan fingerprint density at radius 3 is 2.54 bits per heavy atom. The normalized spacial score (nSPS) is 20.4. The van der Waals surface area contributed by atoms with Crippen LogP contribution in [0.2, 0.25) is 0 Å². The molecule has 1 aromatic heterocycles. The Kier molecular flexibility index (Phi) is 3.82. The van der Waals surface area contributed by atoms with E-state index in [4.69, 9.17) is 0 Å². The summed E-state index contributed by atoms with van der Waals surface area (Å²) in [6.07, 6.45) is 0.402. The van der Waals surface area contributed by atoms with Crippen LogP contribution in [0, 0.1) is 18.2 Å². The van der Waals surface area contributed by atoms with Crippen molar-refractivity contribution >= 4 is 11.9 Å². The summed E-state index contributed by atoms with van der Waals surface area (Å²) in [5.74, 6) is -1.62. The SMILES string of the molecule is Cc1c(C(=O)N2CC[C@@](C)(C(=O)O)C2)nnn1-c1ccc(F)cc1. The van der Waals surface area contributed by atoms with Crippen molar-refractivity contribution in [2.24, 2.45) is 5.41 Å². The minimum atomic E-state index is -0.934. The number of halogens is 1. The van der Waals surface area contributed by atoms with Crippen molar-refractivity contribution in [2.45, 2.75) is 20.3 Å². The standard InChI is InChI=1S/C16H17FN4O3/c1-10-13(14(22)20-8-7-16(2,9-20)15(23)24)18-19-21(10)12-5-3-11(17)4-6-12/h3-6H,7-9H2,1-2H3,(H,23,24)/t16-/m1/s1. The highest BCUT2D eigenvalue weighted by Crippen LogP contribution is 2.31. The second-order valence-corrected chi connectivity index (χ2v) is 6.25. The molecule has 1 N–H and O–H groups in total. The van der Waals surface area contributed by atoms with Crippen molar-refractivity contribution < 1.29 is 19.1 Å². The van der Waals surface area contributed by atoms with E-state index in [9.17, 15) is 19.1 Å². The maximum atomic E-state index is 13.0. The van der Waals surface area contributed by atoms with Crippen LogP contribution in [0.15, 0.2) is 24.3 Å². The predicted molar refractivity (Wildman–Crippen MR) is 82.3 cm³/mol. The van der Waals surface area contributed by atoms with Crippen molar-refractivity contribution in [3.63, 3.8) is 0 Å². The Labute approximate surface area is 137 Å². The Morgan fingerprint density at radius 1 is 1.29 bits per heavy atom. The summed E-state index contributed by atoms with van der Waals surface area (Å²) in [7, 11) is 0. The molecule has 1 saturated heterocycles. The minimum absolute atomic E-state index is 0.143. The number of hydrogen-bond donors (Lipinski definition) is 1. The van der Waals surface area contributed by atoms with E-state index in [1.54, 1.807) is 26.0 Å². The number of carboxylic acid groups (broad SMARTS) is 1. The maximum absolute atomic E-state index is 13.0. The zero-order valence-electron chi connectivity index (χ0n) is 13.4. The Hall–Kier alpha value is -2.77. The first kappa shape index (κ1) is 16.1. The number of carbonyl (C=O) groups is 2. The van der Waals surface area contributed by atoms with Gasteiger partial charge in [-0.05, 0) is 44.5 Å². The lowest BCUT2D eigenvalue weighted by atomic mass is 9.90. The van der Waals surface area contributed by atoms with Gasteiger partial charge in [-0.1, -0.05) is 5.21 Å². The number of nitrogens with zero attached hydrogens (tertiary/aromatic N) is 4. The average Bonchev–Trinajstić information content (AvgIpc) is 3.12. The summed E-state index contributed by atoms with van der Waals surface area (Å²) in [5, 5.41) is 17.2. The first-order valence-electron chi connectivity index (χ1n) is 7.53. The first-order chi connectivity index (χ1) is 11.3. The number of amides is 1. The van der Waals surface area contributed by atoms with Gasteiger partial charge in [0.05, 0.1) is 16.8 Å². The van der Waals surface area contributed by atoms with Crippen LogP contribution in [0.3, 0.4) is 0 Å². The molecule has 126 valence electrons. The van der Waals surface area contributed by atoms with E-state index >= 15 is 0 Å². The number of aliphatic carboxylic acids is 1. The van der Waals surface area contributed by atoms with Crippen LogP contribution in [-0.4, -0.2) is 50.0 Å². The topological polar surface area (TPSA) is 88.3 Å².